The molecule has 42 heavy (non-hydrogen) atoms. The fourth-order valence-corrected chi connectivity index (χ4v) is 6.05. The summed E-state index contributed by atoms with van der Waals surface area (Å²) in [6, 6.07) is 15.5. The predicted octanol–water partition coefficient (Wildman–Crippen LogP) is 3.19. The highest BCUT2D eigenvalue weighted by Crippen LogP contribution is 2.29. The molecule has 2 aliphatic heterocycles. The minimum atomic E-state index is -1.07. The number of likely N-dealkylation sites (tertiary alicyclic amines) is 1. The molecular formula is C30H32N8O4. The number of amides is 1. The molecule has 0 spiro atoms. The van der Waals surface area contributed by atoms with Crippen molar-refractivity contribution in [3.8, 4) is 17.8 Å². The minimum absolute atomic E-state index is 0.0313. The molecule has 216 valence electrons. The van der Waals surface area contributed by atoms with Gasteiger partial charge in [-0.1, -0.05) is 36.4 Å². The second-order valence-corrected chi connectivity index (χ2v) is 10.9. The van der Waals surface area contributed by atoms with Gasteiger partial charge >= 0.3 is 12.1 Å². The SMILES string of the molecule is Cc1nc2c(N3CCN(C(=O)O)[C@@H](CC#N)C3)nc(OC[C@@H]3CCCN3C)nc2c(=O)n1-c1cccc2ccccc12. The number of hydrogen-bond donors (Lipinski definition) is 1. The molecule has 1 N–H and O–H groups in total. The summed E-state index contributed by atoms with van der Waals surface area (Å²) in [5, 5.41) is 21.0. The van der Waals surface area contributed by atoms with Gasteiger partial charge in [-0.3, -0.25) is 9.36 Å². The molecule has 12 nitrogen and oxygen atoms in total. The van der Waals surface area contributed by atoms with Gasteiger partial charge < -0.3 is 24.5 Å². The van der Waals surface area contributed by atoms with Crippen molar-refractivity contribution in [2.24, 2.45) is 0 Å². The highest BCUT2D eigenvalue weighted by atomic mass is 16.5. The molecule has 2 aromatic heterocycles. The first-order chi connectivity index (χ1) is 20.4. The van der Waals surface area contributed by atoms with Crippen molar-refractivity contribution < 1.29 is 14.6 Å². The second-order valence-electron chi connectivity index (χ2n) is 10.9. The number of hydrogen-bond acceptors (Lipinski definition) is 9. The molecule has 4 aromatic rings. The molecule has 0 saturated carbocycles. The van der Waals surface area contributed by atoms with Gasteiger partial charge in [0.05, 0.1) is 24.2 Å². The van der Waals surface area contributed by atoms with Gasteiger partial charge in [0.2, 0.25) is 0 Å². The number of fused-ring (bicyclic) bond motifs is 2. The van der Waals surface area contributed by atoms with Crippen LogP contribution in [0.3, 0.4) is 0 Å². The van der Waals surface area contributed by atoms with Crippen LogP contribution in [0.1, 0.15) is 25.1 Å². The number of anilines is 1. The highest BCUT2D eigenvalue weighted by molar-refractivity contribution is 5.91. The molecule has 4 heterocycles. The number of nitrogens with zero attached hydrogens (tertiary/aromatic N) is 8. The molecule has 2 atom stereocenters. The van der Waals surface area contributed by atoms with Gasteiger partial charge in [0.15, 0.2) is 11.3 Å². The Morgan fingerprint density at radius 1 is 1.07 bits per heavy atom. The number of rotatable bonds is 6. The minimum Gasteiger partial charge on any atom is -0.465 e. The number of aromatic nitrogens is 4. The van der Waals surface area contributed by atoms with Crippen LogP contribution in [0.4, 0.5) is 10.6 Å². The van der Waals surface area contributed by atoms with Crippen molar-refractivity contribution in [3.63, 3.8) is 0 Å². The third-order valence-electron chi connectivity index (χ3n) is 8.29. The Morgan fingerprint density at radius 2 is 1.88 bits per heavy atom. The van der Waals surface area contributed by atoms with Crippen LogP contribution in [0.25, 0.3) is 27.5 Å². The first-order valence-electron chi connectivity index (χ1n) is 14.1. The quantitative estimate of drug-likeness (QED) is 0.369. The van der Waals surface area contributed by atoms with E-state index in [0.29, 0.717) is 36.0 Å². The molecule has 6 rings (SSSR count). The average molecular weight is 569 g/mol. The van der Waals surface area contributed by atoms with E-state index in [1.165, 1.54) is 4.90 Å². The number of benzene rings is 2. The fraction of sp³-hybridized carbons (Fsp3) is 0.400. The number of carboxylic acid groups (broad SMARTS) is 1. The Kier molecular flexibility index (Phi) is 7.34. The van der Waals surface area contributed by atoms with Gasteiger partial charge in [0, 0.05) is 31.1 Å². The smallest absolute Gasteiger partial charge is 0.407 e. The summed E-state index contributed by atoms with van der Waals surface area (Å²) in [5.74, 6) is 0.862. The van der Waals surface area contributed by atoms with E-state index in [2.05, 4.69) is 23.0 Å². The maximum Gasteiger partial charge on any atom is 0.407 e. The highest BCUT2D eigenvalue weighted by Gasteiger charge is 2.33. The maximum absolute atomic E-state index is 14.2. The molecule has 2 saturated heterocycles. The van der Waals surface area contributed by atoms with E-state index in [1.54, 1.807) is 11.5 Å². The molecule has 0 unspecified atom stereocenters. The molecule has 2 aromatic carbocycles. The van der Waals surface area contributed by atoms with Crippen molar-refractivity contribution >= 4 is 33.7 Å². The third kappa shape index (κ3) is 4.96. The average Bonchev–Trinajstić information content (AvgIpc) is 3.40. The van der Waals surface area contributed by atoms with Gasteiger partial charge in [-0.25, -0.2) is 9.78 Å². The van der Waals surface area contributed by atoms with Crippen LogP contribution in [-0.2, 0) is 0 Å². The molecule has 1 amide bonds. The first kappa shape index (κ1) is 27.4. The summed E-state index contributed by atoms with van der Waals surface area (Å²) in [6.07, 6.45) is 1.04. The van der Waals surface area contributed by atoms with E-state index in [4.69, 9.17) is 14.7 Å². The third-order valence-corrected chi connectivity index (χ3v) is 8.29. The Balaban J connectivity index is 1.49. The molecule has 0 aliphatic carbocycles. The number of carbonyl (C=O) groups is 1. The largest absolute Gasteiger partial charge is 0.465 e. The van der Waals surface area contributed by atoms with Gasteiger partial charge in [-0.05, 0) is 44.8 Å². The van der Waals surface area contributed by atoms with Crippen LogP contribution >= 0.6 is 0 Å². The van der Waals surface area contributed by atoms with Crippen LogP contribution < -0.4 is 15.2 Å². The maximum atomic E-state index is 14.2. The van der Waals surface area contributed by atoms with E-state index in [0.717, 1.165) is 30.2 Å². The van der Waals surface area contributed by atoms with Gasteiger partial charge in [-0.2, -0.15) is 15.2 Å². The number of ether oxygens (including phenoxy) is 1. The number of piperazine rings is 1. The lowest BCUT2D eigenvalue weighted by atomic mass is 10.1. The topological polar surface area (TPSA) is 141 Å². The lowest BCUT2D eigenvalue weighted by Crippen LogP contribution is -2.55. The lowest BCUT2D eigenvalue weighted by Gasteiger charge is -2.39. The zero-order valence-corrected chi connectivity index (χ0v) is 23.6. The van der Waals surface area contributed by atoms with E-state index in [1.807, 2.05) is 47.4 Å². The molecule has 2 fully saturated rings. The zero-order chi connectivity index (χ0) is 29.4. The summed E-state index contributed by atoms with van der Waals surface area (Å²) in [4.78, 5) is 45.6. The molecule has 12 heteroatoms. The molecule has 0 bridgehead atoms. The standard InChI is InChI=1S/C30H32N8O4/c1-19-32-25-26(28(39)38(19)24-11-5-8-20-7-3-4-10-23(20)24)33-29(42-18-22-9-6-14-35(22)2)34-27(25)36-15-16-37(30(40)41)21(17-36)12-13-31/h3-5,7-8,10-11,21-22H,6,9,12,14-18H2,1-2H3,(H,40,41)/t21-,22-/m0/s1. The van der Waals surface area contributed by atoms with Crippen LogP contribution in [-0.4, -0.2) is 92.4 Å². The van der Waals surface area contributed by atoms with Crippen LogP contribution in [0.5, 0.6) is 6.01 Å². The van der Waals surface area contributed by atoms with Crippen molar-refractivity contribution in [1.82, 2.24) is 29.3 Å². The Morgan fingerprint density at radius 3 is 2.64 bits per heavy atom. The fourth-order valence-electron chi connectivity index (χ4n) is 6.05. The summed E-state index contributed by atoms with van der Waals surface area (Å²) >= 11 is 0. The summed E-state index contributed by atoms with van der Waals surface area (Å²) in [6.45, 7) is 3.87. The number of nitriles is 1. The van der Waals surface area contributed by atoms with Gasteiger partial charge in [0.1, 0.15) is 17.9 Å². The van der Waals surface area contributed by atoms with Crippen molar-refractivity contribution in [2.45, 2.75) is 38.3 Å². The first-order valence-corrected chi connectivity index (χ1v) is 14.1. The van der Waals surface area contributed by atoms with E-state index < -0.39 is 12.1 Å². The van der Waals surface area contributed by atoms with Crippen LogP contribution in [0, 0.1) is 18.3 Å². The number of likely N-dealkylation sites (N-methyl/N-ethyl adjacent to an activating group) is 1. The van der Waals surface area contributed by atoms with E-state index in [9.17, 15) is 20.0 Å². The Hall–Kier alpha value is -4.76. The summed E-state index contributed by atoms with van der Waals surface area (Å²) in [7, 11) is 2.06. The predicted molar refractivity (Wildman–Crippen MR) is 157 cm³/mol. The summed E-state index contributed by atoms with van der Waals surface area (Å²) in [5.41, 5.74) is 0.784. The lowest BCUT2D eigenvalue weighted by molar-refractivity contribution is 0.119. The number of aryl methyl sites for hydroxylation is 1. The monoisotopic (exact) mass is 568 g/mol. The second kappa shape index (κ2) is 11.3. The summed E-state index contributed by atoms with van der Waals surface area (Å²) < 4.78 is 7.68. The Labute approximate surface area is 242 Å². The Bertz CT molecular complexity index is 1760. The molecule has 2 aliphatic rings. The van der Waals surface area contributed by atoms with E-state index in [-0.39, 0.29) is 42.6 Å². The van der Waals surface area contributed by atoms with E-state index >= 15 is 0 Å². The zero-order valence-electron chi connectivity index (χ0n) is 23.6. The molecule has 0 radical (unpaired) electrons. The molecular weight excluding hydrogens is 536 g/mol. The van der Waals surface area contributed by atoms with Crippen molar-refractivity contribution in [1.29, 1.82) is 5.26 Å². The van der Waals surface area contributed by atoms with Crippen molar-refractivity contribution in [3.05, 3.63) is 58.6 Å². The normalized spacial score (nSPS) is 19.4. The van der Waals surface area contributed by atoms with Crippen LogP contribution in [0.2, 0.25) is 0 Å². The van der Waals surface area contributed by atoms with Gasteiger partial charge in [-0.15, -0.1) is 0 Å². The van der Waals surface area contributed by atoms with Crippen LogP contribution in [0.15, 0.2) is 47.3 Å². The van der Waals surface area contributed by atoms with Crippen molar-refractivity contribution in [2.75, 3.05) is 44.7 Å². The van der Waals surface area contributed by atoms with Gasteiger partial charge in [0.25, 0.3) is 5.56 Å².